The normalized spacial score (nSPS) is 13.6. The first-order valence-electron chi connectivity index (χ1n) is 10.5. The van der Waals surface area contributed by atoms with Crippen molar-refractivity contribution in [3.05, 3.63) is 64.2 Å². The van der Waals surface area contributed by atoms with Crippen molar-refractivity contribution < 1.29 is 32.6 Å². The van der Waals surface area contributed by atoms with Crippen LogP contribution in [0, 0.1) is 6.92 Å². The number of carbonyl (C=O) groups excluding carboxylic acids is 1. The Morgan fingerprint density at radius 1 is 1.18 bits per heavy atom. The van der Waals surface area contributed by atoms with Crippen LogP contribution in [0.1, 0.15) is 28.1 Å². The van der Waals surface area contributed by atoms with Gasteiger partial charge < -0.3 is 14.7 Å². The van der Waals surface area contributed by atoms with E-state index in [2.05, 4.69) is 4.98 Å². The number of carboxylic acid groups (broad SMARTS) is 1. The number of ether oxygens (including phenoxy) is 1. The SMILES string of the molecule is Cc1nc(-c2ccc(C(F)(F)F)cc2)sc1CCOc1ccc2c(c1)CCC(=O)N2CC(=O)O. The second kappa shape index (κ2) is 9.46. The van der Waals surface area contributed by atoms with Gasteiger partial charge in [0.25, 0.3) is 0 Å². The number of aromatic nitrogens is 1. The van der Waals surface area contributed by atoms with E-state index >= 15 is 0 Å². The predicted octanol–water partition coefficient (Wildman–Crippen LogP) is 5.12. The summed E-state index contributed by atoms with van der Waals surface area (Å²) in [7, 11) is 0. The Hall–Kier alpha value is -3.40. The van der Waals surface area contributed by atoms with Gasteiger partial charge in [0.2, 0.25) is 5.91 Å². The highest BCUT2D eigenvalue weighted by Gasteiger charge is 2.30. The third-order valence-electron chi connectivity index (χ3n) is 5.49. The number of alkyl halides is 3. The Labute approximate surface area is 197 Å². The van der Waals surface area contributed by atoms with Gasteiger partial charge >= 0.3 is 12.1 Å². The van der Waals surface area contributed by atoms with Crippen molar-refractivity contribution in [3.63, 3.8) is 0 Å². The number of aliphatic carboxylic acids is 1. The fourth-order valence-electron chi connectivity index (χ4n) is 3.78. The fourth-order valence-corrected chi connectivity index (χ4v) is 4.83. The molecule has 2 heterocycles. The van der Waals surface area contributed by atoms with Crippen LogP contribution >= 0.6 is 11.3 Å². The zero-order valence-electron chi connectivity index (χ0n) is 18.2. The number of carbonyl (C=O) groups is 2. The van der Waals surface area contributed by atoms with Crippen LogP contribution in [0.4, 0.5) is 18.9 Å². The van der Waals surface area contributed by atoms with Crippen molar-refractivity contribution in [1.29, 1.82) is 0 Å². The summed E-state index contributed by atoms with van der Waals surface area (Å²) in [6.45, 7) is 1.84. The van der Waals surface area contributed by atoms with Gasteiger partial charge in [-0.2, -0.15) is 13.2 Å². The summed E-state index contributed by atoms with van der Waals surface area (Å²) < 4.78 is 44.2. The van der Waals surface area contributed by atoms with Gasteiger partial charge in [0.15, 0.2) is 0 Å². The summed E-state index contributed by atoms with van der Waals surface area (Å²) in [5.41, 5.74) is 2.18. The Morgan fingerprint density at radius 3 is 2.59 bits per heavy atom. The third-order valence-corrected chi connectivity index (χ3v) is 6.76. The minimum absolute atomic E-state index is 0.215. The number of rotatable bonds is 7. The topological polar surface area (TPSA) is 79.7 Å². The molecule has 0 bridgehead atoms. The number of thiazole rings is 1. The van der Waals surface area contributed by atoms with E-state index in [9.17, 15) is 22.8 Å². The maximum Gasteiger partial charge on any atom is 0.416 e. The minimum atomic E-state index is -4.37. The monoisotopic (exact) mass is 490 g/mol. The van der Waals surface area contributed by atoms with Gasteiger partial charge in [-0.25, -0.2) is 4.98 Å². The van der Waals surface area contributed by atoms with Gasteiger partial charge in [-0.1, -0.05) is 12.1 Å². The number of hydrogen-bond acceptors (Lipinski definition) is 5. The lowest BCUT2D eigenvalue weighted by molar-refractivity contribution is -0.138. The molecule has 4 rings (SSSR count). The molecule has 0 radical (unpaired) electrons. The van der Waals surface area contributed by atoms with Crippen molar-refractivity contribution in [1.82, 2.24) is 4.98 Å². The van der Waals surface area contributed by atoms with Gasteiger partial charge in [0.1, 0.15) is 17.3 Å². The summed E-state index contributed by atoms with van der Waals surface area (Å²) >= 11 is 1.42. The Bertz CT molecular complexity index is 1220. The van der Waals surface area contributed by atoms with Gasteiger partial charge in [0.05, 0.1) is 17.9 Å². The molecule has 1 N–H and O–H groups in total. The number of benzene rings is 2. The first-order valence-corrected chi connectivity index (χ1v) is 11.4. The number of anilines is 1. The zero-order valence-corrected chi connectivity index (χ0v) is 19.0. The second-order valence-electron chi connectivity index (χ2n) is 7.87. The third kappa shape index (κ3) is 5.22. The van der Waals surface area contributed by atoms with Gasteiger partial charge in [-0.05, 0) is 49.2 Å². The molecule has 1 aromatic heterocycles. The van der Waals surface area contributed by atoms with Gasteiger partial charge in [-0.15, -0.1) is 11.3 Å². The molecule has 6 nitrogen and oxygen atoms in total. The maximum atomic E-state index is 12.8. The largest absolute Gasteiger partial charge is 0.493 e. The van der Waals surface area contributed by atoms with E-state index in [0.29, 0.717) is 41.5 Å². The molecule has 34 heavy (non-hydrogen) atoms. The van der Waals surface area contributed by atoms with Crippen LogP contribution in [0.5, 0.6) is 5.75 Å². The molecule has 0 spiro atoms. The number of amides is 1. The molecule has 0 atom stereocenters. The minimum Gasteiger partial charge on any atom is -0.493 e. The van der Waals surface area contributed by atoms with Crippen LogP contribution < -0.4 is 9.64 Å². The molecular weight excluding hydrogens is 469 g/mol. The lowest BCUT2D eigenvalue weighted by Gasteiger charge is -2.28. The Kier molecular flexibility index (Phi) is 6.60. The summed E-state index contributed by atoms with van der Waals surface area (Å²) in [6.07, 6.45) is -3.03. The molecular formula is C24H21F3N2O4S. The summed E-state index contributed by atoms with van der Waals surface area (Å²) in [5, 5.41) is 9.71. The van der Waals surface area contributed by atoms with E-state index in [-0.39, 0.29) is 18.9 Å². The smallest absolute Gasteiger partial charge is 0.416 e. The van der Waals surface area contributed by atoms with E-state index in [1.165, 1.54) is 28.4 Å². The van der Waals surface area contributed by atoms with Gasteiger partial charge in [-0.3, -0.25) is 9.59 Å². The molecule has 0 fully saturated rings. The summed E-state index contributed by atoms with van der Waals surface area (Å²) in [4.78, 5) is 29.9. The van der Waals surface area contributed by atoms with Crippen molar-refractivity contribution in [2.24, 2.45) is 0 Å². The van der Waals surface area contributed by atoms with Crippen LogP contribution in [-0.2, 0) is 28.6 Å². The van der Waals surface area contributed by atoms with Crippen LogP contribution in [0.15, 0.2) is 42.5 Å². The number of carboxylic acids is 1. The highest BCUT2D eigenvalue weighted by Crippen LogP contribution is 2.34. The molecule has 1 amide bonds. The molecule has 2 aromatic carbocycles. The van der Waals surface area contributed by atoms with E-state index in [1.807, 2.05) is 13.0 Å². The summed E-state index contributed by atoms with van der Waals surface area (Å²) in [5.74, 6) is -0.668. The highest BCUT2D eigenvalue weighted by molar-refractivity contribution is 7.15. The summed E-state index contributed by atoms with van der Waals surface area (Å²) in [6, 6.07) is 10.2. The first kappa shape index (κ1) is 23.7. The lowest BCUT2D eigenvalue weighted by atomic mass is 10.0. The van der Waals surface area contributed by atoms with Crippen LogP contribution in [-0.4, -0.2) is 35.1 Å². The van der Waals surface area contributed by atoms with E-state index in [1.54, 1.807) is 12.1 Å². The first-order chi connectivity index (χ1) is 16.1. The maximum absolute atomic E-state index is 12.8. The molecule has 3 aromatic rings. The van der Waals surface area contributed by atoms with Gasteiger partial charge in [0, 0.05) is 29.0 Å². The molecule has 0 unspecified atom stereocenters. The quantitative estimate of drug-likeness (QED) is 0.497. The van der Waals surface area contributed by atoms with Crippen LogP contribution in [0.25, 0.3) is 10.6 Å². The standard InChI is InChI=1S/C24H21F3N2O4S/c1-14-20(34-23(28-14)15-2-5-17(6-3-15)24(25,26)27)10-11-33-18-7-8-19-16(12-18)4-9-21(30)29(19)13-22(31)32/h2-3,5-8,12H,4,9-11,13H2,1H3,(H,31,32). The fraction of sp³-hybridized carbons (Fsp3) is 0.292. The number of hydrogen-bond donors (Lipinski definition) is 1. The number of fused-ring (bicyclic) bond motifs is 1. The zero-order chi connectivity index (χ0) is 24.5. The van der Waals surface area contributed by atoms with E-state index in [0.717, 1.165) is 28.3 Å². The molecule has 1 aliphatic rings. The lowest BCUT2D eigenvalue weighted by Crippen LogP contribution is -2.38. The van der Waals surface area contributed by atoms with E-state index < -0.39 is 17.7 Å². The van der Waals surface area contributed by atoms with Crippen molar-refractivity contribution in [3.8, 4) is 16.3 Å². The second-order valence-corrected chi connectivity index (χ2v) is 8.95. The average Bonchev–Trinajstić information content (AvgIpc) is 3.15. The Morgan fingerprint density at radius 2 is 1.91 bits per heavy atom. The molecule has 0 saturated carbocycles. The van der Waals surface area contributed by atoms with Crippen molar-refractivity contribution in [2.75, 3.05) is 18.1 Å². The number of halogens is 3. The van der Waals surface area contributed by atoms with Crippen LogP contribution in [0.3, 0.4) is 0 Å². The number of nitrogens with zero attached hydrogens (tertiary/aromatic N) is 2. The molecule has 10 heteroatoms. The van der Waals surface area contributed by atoms with Crippen molar-refractivity contribution in [2.45, 2.75) is 32.4 Å². The predicted molar refractivity (Wildman–Crippen MR) is 121 cm³/mol. The molecule has 178 valence electrons. The highest BCUT2D eigenvalue weighted by atomic mass is 32.1. The Balaban J connectivity index is 1.40. The average molecular weight is 491 g/mol. The van der Waals surface area contributed by atoms with Crippen molar-refractivity contribution >= 4 is 28.9 Å². The molecule has 0 aliphatic carbocycles. The number of aryl methyl sites for hydroxylation is 2. The molecule has 0 saturated heterocycles. The molecule has 1 aliphatic heterocycles. The van der Waals surface area contributed by atoms with E-state index in [4.69, 9.17) is 9.84 Å². The van der Waals surface area contributed by atoms with Crippen LogP contribution in [0.2, 0.25) is 0 Å².